The molecule has 1 aliphatic carbocycles. The number of rotatable bonds is 6. The van der Waals surface area contributed by atoms with Gasteiger partial charge in [0.2, 0.25) is 10.0 Å². The Kier molecular flexibility index (Phi) is 5.63. The summed E-state index contributed by atoms with van der Waals surface area (Å²) in [5.41, 5.74) is 2.45. The summed E-state index contributed by atoms with van der Waals surface area (Å²) in [5.74, 6) is 0.769. The van der Waals surface area contributed by atoms with Crippen molar-refractivity contribution in [3.05, 3.63) is 53.5 Å². The lowest BCUT2D eigenvalue weighted by Gasteiger charge is -2.33. The Morgan fingerprint density at radius 2 is 1.85 bits per heavy atom. The number of aryl methyl sites for hydroxylation is 2. The molecule has 0 amide bonds. The molecule has 27 heavy (non-hydrogen) atoms. The van der Waals surface area contributed by atoms with Gasteiger partial charge in [-0.05, 0) is 61.1 Å². The predicted molar refractivity (Wildman–Crippen MR) is 102 cm³/mol. The first-order chi connectivity index (χ1) is 13.1. The minimum atomic E-state index is -3.57. The number of hydrogen-bond acceptors (Lipinski definition) is 5. The van der Waals surface area contributed by atoms with Gasteiger partial charge in [-0.2, -0.15) is 0 Å². The molecule has 146 valence electrons. The molecular weight excluding hydrogens is 364 g/mol. The van der Waals surface area contributed by atoms with Crippen molar-refractivity contribution in [3.63, 3.8) is 0 Å². The largest absolute Gasteiger partial charge is 0.468 e. The number of hydrogen-bond donors (Lipinski definition) is 1. The number of ether oxygens (including phenoxy) is 1. The monoisotopic (exact) mass is 390 g/mol. The third-order valence-corrected chi connectivity index (χ3v) is 6.88. The van der Waals surface area contributed by atoms with E-state index in [1.807, 2.05) is 24.3 Å². The van der Waals surface area contributed by atoms with Crippen molar-refractivity contribution in [2.24, 2.45) is 0 Å². The van der Waals surface area contributed by atoms with Gasteiger partial charge in [0.1, 0.15) is 5.76 Å². The van der Waals surface area contributed by atoms with Crippen molar-refractivity contribution in [1.82, 2.24) is 9.62 Å². The van der Waals surface area contributed by atoms with Gasteiger partial charge < -0.3 is 9.15 Å². The van der Waals surface area contributed by atoms with Gasteiger partial charge in [0.15, 0.2) is 0 Å². The van der Waals surface area contributed by atoms with Crippen LogP contribution in [0.5, 0.6) is 0 Å². The molecule has 2 aliphatic rings. The van der Waals surface area contributed by atoms with E-state index in [2.05, 4.69) is 9.62 Å². The molecule has 2 aromatic rings. The Labute approximate surface area is 160 Å². The van der Waals surface area contributed by atoms with Gasteiger partial charge in [-0.25, -0.2) is 13.1 Å². The Balaban J connectivity index is 1.51. The van der Waals surface area contributed by atoms with Crippen LogP contribution in [0.15, 0.2) is 45.9 Å². The van der Waals surface area contributed by atoms with Crippen LogP contribution in [0, 0.1) is 0 Å². The van der Waals surface area contributed by atoms with E-state index in [1.54, 1.807) is 12.3 Å². The molecule has 1 saturated heterocycles. The smallest absolute Gasteiger partial charge is 0.240 e. The minimum Gasteiger partial charge on any atom is -0.468 e. The van der Waals surface area contributed by atoms with Crippen molar-refractivity contribution >= 4 is 10.0 Å². The predicted octanol–water partition coefficient (Wildman–Crippen LogP) is 2.51. The van der Waals surface area contributed by atoms with Crippen LogP contribution in [0.4, 0.5) is 0 Å². The van der Waals surface area contributed by atoms with E-state index in [0.29, 0.717) is 18.1 Å². The van der Waals surface area contributed by atoms with Gasteiger partial charge in [-0.1, -0.05) is 6.07 Å². The lowest BCUT2D eigenvalue weighted by atomic mass is 9.92. The normalized spacial score (nSPS) is 19.6. The van der Waals surface area contributed by atoms with E-state index < -0.39 is 10.0 Å². The fourth-order valence-corrected chi connectivity index (χ4v) is 5.02. The molecule has 1 aliphatic heterocycles. The van der Waals surface area contributed by atoms with E-state index in [0.717, 1.165) is 38.1 Å². The van der Waals surface area contributed by atoms with Crippen molar-refractivity contribution in [3.8, 4) is 0 Å². The van der Waals surface area contributed by atoms with Crippen LogP contribution in [-0.4, -0.2) is 46.2 Å². The Morgan fingerprint density at radius 3 is 2.59 bits per heavy atom. The van der Waals surface area contributed by atoms with E-state index in [-0.39, 0.29) is 12.6 Å². The van der Waals surface area contributed by atoms with Crippen molar-refractivity contribution in [1.29, 1.82) is 0 Å². The van der Waals surface area contributed by atoms with Crippen LogP contribution in [-0.2, 0) is 27.6 Å². The Hall–Kier alpha value is -1.67. The minimum absolute atomic E-state index is 0.142. The van der Waals surface area contributed by atoms with Gasteiger partial charge in [0, 0.05) is 19.6 Å². The fraction of sp³-hybridized carbons (Fsp3) is 0.500. The standard InChI is InChI=1S/C20H26N2O4S/c23-27(24,18-8-7-16-4-1-2-5-17(16)14-18)21-15-19(20-6-3-11-26-20)22-9-12-25-13-10-22/h3,6-8,11,14,19,21H,1-2,4-5,9-10,12-13,15H2. The lowest BCUT2D eigenvalue weighted by molar-refractivity contribution is 0.0128. The zero-order valence-electron chi connectivity index (χ0n) is 15.4. The first kappa shape index (κ1) is 18.7. The van der Waals surface area contributed by atoms with Gasteiger partial charge >= 0.3 is 0 Å². The summed E-state index contributed by atoms with van der Waals surface area (Å²) in [5, 5.41) is 0. The number of benzene rings is 1. The third-order valence-electron chi connectivity index (χ3n) is 5.46. The summed E-state index contributed by atoms with van der Waals surface area (Å²) >= 11 is 0. The molecule has 1 aromatic heterocycles. The highest BCUT2D eigenvalue weighted by Gasteiger charge is 2.27. The summed E-state index contributed by atoms with van der Waals surface area (Å²) in [6.07, 6.45) is 5.94. The molecule has 1 N–H and O–H groups in total. The SMILES string of the molecule is O=S(=O)(NCC(c1ccco1)N1CCOCC1)c1ccc2c(c1)CCCC2. The molecule has 0 radical (unpaired) electrons. The van der Waals surface area contributed by atoms with Crippen LogP contribution in [0.2, 0.25) is 0 Å². The van der Waals surface area contributed by atoms with Crippen molar-refractivity contribution in [2.75, 3.05) is 32.8 Å². The maximum Gasteiger partial charge on any atom is 0.240 e. The first-order valence-electron chi connectivity index (χ1n) is 9.60. The number of morpholine rings is 1. The van der Waals surface area contributed by atoms with E-state index >= 15 is 0 Å². The topological polar surface area (TPSA) is 71.8 Å². The maximum atomic E-state index is 12.9. The van der Waals surface area contributed by atoms with Crippen molar-refractivity contribution in [2.45, 2.75) is 36.6 Å². The number of nitrogens with zero attached hydrogens (tertiary/aromatic N) is 1. The molecule has 4 rings (SSSR count). The van der Waals surface area contributed by atoms with Crippen LogP contribution >= 0.6 is 0 Å². The highest BCUT2D eigenvalue weighted by molar-refractivity contribution is 7.89. The number of furan rings is 1. The number of sulfonamides is 1. The molecule has 1 unspecified atom stereocenters. The van der Waals surface area contributed by atoms with Gasteiger partial charge in [-0.3, -0.25) is 4.90 Å². The quantitative estimate of drug-likeness (QED) is 0.821. The average Bonchev–Trinajstić information content (AvgIpc) is 3.23. The van der Waals surface area contributed by atoms with Gasteiger partial charge in [-0.15, -0.1) is 0 Å². The van der Waals surface area contributed by atoms with E-state index in [1.165, 1.54) is 17.5 Å². The molecule has 0 spiro atoms. The van der Waals surface area contributed by atoms with Gasteiger partial charge in [0.05, 0.1) is 30.4 Å². The van der Waals surface area contributed by atoms with E-state index in [9.17, 15) is 8.42 Å². The van der Waals surface area contributed by atoms with Crippen LogP contribution < -0.4 is 4.72 Å². The summed E-state index contributed by atoms with van der Waals surface area (Å²) in [6.45, 7) is 3.08. The summed E-state index contributed by atoms with van der Waals surface area (Å²) in [7, 11) is -3.57. The molecule has 6 nitrogen and oxygen atoms in total. The fourth-order valence-electron chi connectivity index (χ4n) is 3.93. The number of nitrogens with one attached hydrogen (secondary N) is 1. The Bertz CT molecular complexity index is 858. The highest BCUT2D eigenvalue weighted by atomic mass is 32.2. The second kappa shape index (κ2) is 8.14. The maximum absolute atomic E-state index is 12.9. The Morgan fingerprint density at radius 1 is 1.07 bits per heavy atom. The lowest BCUT2D eigenvalue weighted by Crippen LogP contribution is -2.43. The van der Waals surface area contributed by atoms with Gasteiger partial charge in [0.25, 0.3) is 0 Å². The molecule has 0 bridgehead atoms. The van der Waals surface area contributed by atoms with E-state index in [4.69, 9.17) is 9.15 Å². The molecule has 1 aromatic carbocycles. The number of fused-ring (bicyclic) bond motifs is 1. The zero-order chi connectivity index (χ0) is 18.7. The first-order valence-corrected chi connectivity index (χ1v) is 11.1. The second-order valence-corrected chi connectivity index (χ2v) is 8.94. The van der Waals surface area contributed by atoms with Crippen molar-refractivity contribution < 1.29 is 17.6 Å². The zero-order valence-corrected chi connectivity index (χ0v) is 16.2. The summed E-state index contributed by atoms with van der Waals surface area (Å²) < 4.78 is 39.6. The van der Waals surface area contributed by atoms with Crippen LogP contribution in [0.3, 0.4) is 0 Å². The van der Waals surface area contributed by atoms with Crippen LogP contribution in [0.25, 0.3) is 0 Å². The molecule has 7 heteroatoms. The highest BCUT2D eigenvalue weighted by Crippen LogP contribution is 2.25. The average molecular weight is 391 g/mol. The summed E-state index contributed by atoms with van der Waals surface area (Å²) in [4.78, 5) is 2.56. The molecule has 1 fully saturated rings. The third kappa shape index (κ3) is 4.27. The molecule has 0 saturated carbocycles. The molecule has 2 heterocycles. The summed E-state index contributed by atoms with van der Waals surface area (Å²) in [6, 6.07) is 9.12. The second-order valence-electron chi connectivity index (χ2n) is 7.17. The van der Waals surface area contributed by atoms with Crippen LogP contribution in [0.1, 0.15) is 35.8 Å². The molecular formula is C20H26N2O4S. The molecule has 1 atom stereocenters.